The molecule has 3 rings (SSSR count). The van der Waals surface area contributed by atoms with Crippen molar-refractivity contribution in [1.82, 2.24) is 5.16 Å². The van der Waals surface area contributed by atoms with Crippen LogP contribution < -0.4 is 20.9 Å². The topological polar surface area (TPSA) is 55.2 Å². The number of halogens is 1. The largest absolute Gasteiger partial charge is 0.487 e. The Morgan fingerprint density at radius 2 is 2.00 bits per heavy atom. The molecule has 0 atom stereocenters. The van der Waals surface area contributed by atoms with Gasteiger partial charge < -0.3 is 9.26 Å². The number of aryl methyl sites for hydroxylation is 1. The highest BCUT2D eigenvalue weighted by Gasteiger charge is 2.04. The van der Waals surface area contributed by atoms with Crippen molar-refractivity contribution < 1.29 is 9.26 Å². The first-order valence-corrected chi connectivity index (χ1v) is 7.77. The van der Waals surface area contributed by atoms with Crippen molar-refractivity contribution in [2.75, 3.05) is 0 Å². The lowest BCUT2D eigenvalue weighted by Crippen LogP contribution is -2.31. The summed E-state index contributed by atoms with van der Waals surface area (Å²) >= 11 is 6.27. The molecule has 0 amide bonds. The molecule has 0 aliphatic heterocycles. The minimum atomic E-state index is -0.462. The molecular formula is C19H16ClNO3. The van der Waals surface area contributed by atoms with Gasteiger partial charge in [0.2, 0.25) is 0 Å². The number of ether oxygens (including phenoxy) is 1. The number of hydrogen-bond donors (Lipinski definition) is 1. The van der Waals surface area contributed by atoms with Crippen LogP contribution in [0.3, 0.4) is 0 Å². The zero-order chi connectivity index (χ0) is 17.1. The summed E-state index contributed by atoms with van der Waals surface area (Å²) in [5, 5.41) is 3.71. The molecule has 0 fully saturated rings. The monoisotopic (exact) mass is 341 g/mol. The summed E-state index contributed by atoms with van der Waals surface area (Å²) in [6.07, 6.45) is 1.67. The van der Waals surface area contributed by atoms with Crippen LogP contribution in [0.4, 0.5) is 0 Å². The lowest BCUT2D eigenvalue weighted by Gasteiger charge is -2.09. The van der Waals surface area contributed by atoms with Crippen LogP contribution >= 0.6 is 11.6 Å². The molecule has 0 saturated carbocycles. The third-order valence-corrected chi connectivity index (χ3v) is 3.89. The molecule has 4 nitrogen and oxygen atoms in total. The molecule has 0 bridgehead atoms. The van der Waals surface area contributed by atoms with Crippen molar-refractivity contribution in [3.63, 3.8) is 0 Å². The molecule has 0 radical (unpaired) electrons. The third-order valence-electron chi connectivity index (χ3n) is 3.59. The Morgan fingerprint density at radius 3 is 2.62 bits per heavy atom. The van der Waals surface area contributed by atoms with Crippen molar-refractivity contribution in [3.8, 4) is 5.75 Å². The van der Waals surface area contributed by atoms with Crippen molar-refractivity contribution in [2.45, 2.75) is 13.5 Å². The first kappa shape index (κ1) is 16.1. The van der Waals surface area contributed by atoms with E-state index in [0.29, 0.717) is 27.9 Å². The van der Waals surface area contributed by atoms with Crippen LogP contribution in [0, 0.1) is 6.92 Å². The van der Waals surface area contributed by atoms with Gasteiger partial charge in [-0.3, -0.25) is 0 Å². The van der Waals surface area contributed by atoms with Gasteiger partial charge in [0.05, 0.1) is 15.6 Å². The second-order valence-corrected chi connectivity index (χ2v) is 5.90. The second-order valence-electron chi connectivity index (χ2n) is 5.49. The van der Waals surface area contributed by atoms with E-state index in [0.717, 1.165) is 11.1 Å². The van der Waals surface area contributed by atoms with E-state index < -0.39 is 5.63 Å². The standard InChI is InChI=1S/C19H16ClNO3/c1-12-3-5-14(6-4-12)11-23-18-8-7-15(10-17(18)20)9-16-13(2)21-24-19(16)22/h3-10,21H,2,11H2,1H3. The molecule has 0 spiro atoms. The number of nitrogens with one attached hydrogen (secondary N) is 1. The Hall–Kier alpha value is -2.72. The third kappa shape index (κ3) is 3.60. The van der Waals surface area contributed by atoms with Crippen LogP contribution in [0.5, 0.6) is 5.75 Å². The normalized spacial score (nSPS) is 11.7. The smallest absolute Gasteiger partial charge is 0.365 e. The Kier molecular flexibility index (Phi) is 4.58. The fourth-order valence-corrected chi connectivity index (χ4v) is 2.47. The van der Waals surface area contributed by atoms with Crippen LogP contribution in [0.25, 0.3) is 12.7 Å². The zero-order valence-corrected chi connectivity index (χ0v) is 13.9. The van der Waals surface area contributed by atoms with Gasteiger partial charge in [0, 0.05) is 0 Å². The highest BCUT2D eigenvalue weighted by Crippen LogP contribution is 2.26. The summed E-state index contributed by atoms with van der Waals surface area (Å²) in [4.78, 5) is 11.6. The van der Waals surface area contributed by atoms with Gasteiger partial charge in [-0.15, -0.1) is 0 Å². The number of aromatic nitrogens is 1. The fraction of sp³-hybridized carbons (Fsp3) is 0.105. The number of benzene rings is 2. The Balaban J connectivity index is 1.80. The van der Waals surface area contributed by atoms with Gasteiger partial charge in [-0.2, -0.15) is 0 Å². The summed E-state index contributed by atoms with van der Waals surface area (Å²) in [7, 11) is 0. The molecular weight excluding hydrogens is 326 g/mol. The average molecular weight is 342 g/mol. The zero-order valence-electron chi connectivity index (χ0n) is 13.1. The summed E-state index contributed by atoms with van der Waals surface area (Å²) in [5.74, 6) is 0.588. The molecule has 0 unspecified atom stereocenters. The molecule has 122 valence electrons. The van der Waals surface area contributed by atoms with E-state index >= 15 is 0 Å². The van der Waals surface area contributed by atoms with E-state index in [1.165, 1.54) is 5.56 Å². The van der Waals surface area contributed by atoms with Gasteiger partial charge in [-0.05, 0) is 36.3 Å². The lowest BCUT2D eigenvalue weighted by atomic mass is 10.1. The van der Waals surface area contributed by atoms with Crippen molar-refractivity contribution in [1.29, 1.82) is 0 Å². The van der Waals surface area contributed by atoms with Crippen molar-refractivity contribution >= 4 is 24.3 Å². The van der Waals surface area contributed by atoms with Gasteiger partial charge in [0.25, 0.3) is 0 Å². The van der Waals surface area contributed by atoms with E-state index in [2.05, 4.69) is 16.3 Å². The first-order chi connectivity index (χ1) is 11.5. The minimum absolute atomic E-state index is 0.374. The summed E-state index contributed by atoms with van der Waals surface area (Å²) in [6.45, 7) is 6.19. The Morgan fingerprint density at radius 1 is 1.25 bits per heavy atom. The predicted octanol–water partition coefficient (Wildman–Crippen LogP) is 2.75. The predicted molar refractivity (Wildman–Crippen MR) is 94.6 cm³/mol. The summed E-state index contributed by atoms with van der Waals surface area (Å²) in [5.41, 5.74) is 2.57. The molecule has 5 heteroatoms. The molecule has 0 aliphatic carbocycles. The lowest BCUT2D eigenvalue weighted by molar-refractivity contribution is 0.306. The van der Waals surface area contributed by atoms with Crippen LogP contribution in [0.1, 0.15) is 16.7 Å². The van der Waals surface area contributed by atoms with Gasteiger partial charge in [-0.25, -0.2) is 9.95 Å². The van der Waals surface area contributed by atoms with Gasteiger partial charge in [-0.1, -0.05) is 54.1 Å². The van der Waals surface area contributed by atoms with Gasteiger partial charge >= 0.3 is 5.63 Å². The SMILES string of the molecule is C=c1[nH]oc(=O)c1=Cc1ccc(OCc2ccc(C)cc2)c(Cl)c1. The highest BCUT2D eigenvalue weighted by atomic mass is 35.5. The maximum Gasteiger partial charge on any atom is 0.365 e. The van der Waals surface area contributed by atoms with E-state index in [-0.39, 0.29) is 0 Å². The van der Waals surface area contributed by atoms with Crippen molar-refractivity contribution in [3.05, 3.63) is 85.2 Å². The van der Waals surface area contributed by atoms with Gasteiger partial charge in [0.15, 0.2) is 0 Å². The highest BCUT2D eigenvalue weighted by molar-refractivity contribution is 6.32. The second kappa shape index (κ2) is 6.81. The minimum Gasteiger partial charge on any atom is -0.487 e. The Labute approximate surface area is 143 Å². The van der Waals surface area contributed by atoms with Crippen LogP contribution in [0.2, 0.25) is 5.02 Å². The van der Waals surface area contributed by atoms with E-state index in [4.69, 9.17) is 16.3 Å². The average Bonchev–Trinajstić information content (AvgIpc) is 2.87. The molecule has 24 heavy (non-hydrogen) atoms. The van der Waals surface area contributed by atoms with Gasteiger partial charge in [0.1, 0.15) is 12.4 Å². The number of aromatic amines is 1. The molecule has 1 N–H and O–H groups in total. The summed E-state index contributed by atoms with van der Waals surface area (Å²) in [6, 6.07) is 13.5. The summed E-state index contributed by atoms with van der Waals surface area (Å²) < 4.78 is 10.4. The Bertz CT molecular complexity index is 986. The van der Waals surface area contributed by atoms with Crippen LogP contribution in [0.15, 0.2) is 51.8 Å². The van der Waals surface area contributed by atoms with Crippen LogP contribution in [-0.2, 0) is 6.61 Å². The quantitative estimate of drug-likeness (QED) is 0.794. The fourth-order valence-electron chi connectivity index (χ4n) is 2.22. The van der Waals surface area contributed by atoms with E-state index in [9.17, 15) is 4.79 Å². The molecule has 1 aromatic heterocycles. The number of hydrogen-bond acceptors (Lipinski definition) is 3. The molecule has 1 heterocycles. The molecule has 0 saturated heterocycles. The molecule has 0 aliphatic rings. The first-order valence-electron chi connectivity index (χ1n) is 7.39. The maximum atomic E-state index is 11.6. The number of H-pyrrole nitrogens is 1. The van der Waals surface area contributed by atoms with Crippen LogP contribution in [-0.4, -0.2) is 5.16 Å². The van der Waals surface area contributed by atoms with E-state index in [1.54, 1.807) is 18.2 Å². The number of rotatable bonds is 4. The van der Waals surface area contributed by atoms with E-state index in [1.807, 2.05) is 37.3 Å². The maximum absolute atomic E-state index is 11.6. The molecule has 3 aromatic rings. The van der Waals surface area contributed by atoms with Crippen molar-refractivity contribution in [2.24, 2.45) is 0 Å². The molecule has 2 aromatic carbocycles.